The molecule has 3 rings (SSSR count). The third kappa shape index (κ3) is 4.10. The highest BCUT2D eigenvalue weighted by atomic mass is 35.5. The van der Waals surface area contributed by atoms with Crippen LogP contribution < -0.4 is 9.62 Å². The van der Waals surface area contributed by atoms with Crippen LogP contribution in [0, 0.1) is 5.92 Å². The van der Waals surface area contributed by atoms with Gasteiger partial charge in [0.25, 0.3) is 5.91 Å². The van der Waals surface area contributed by atoms with Crippen LogP contribution in [0.3, 0.4) is 0 Å². The number of hydrogen-bond donors (Lipinski definition) is 1. The molecule has 2 aromatic carbocycles. The molecule has 1 saturated heterocycles. The van der Waals surface area contributed by atoms with E-state index in [0.717, 1.165) is 4.31 Å². The van der Waals surface area contributed by atoms with E-state index < -0.39 is 33.7 Å². The van der Waals surface area contributed by atoms with Crippen LogP contribution in [-0.2, 0) is 19.6 Å². The Labute approximate surface area is 172 Å². The van der Waals surface area contributed by atoms with E-state index in [4.69, 9.17) is 11.6 Å². The number of methoxy groups -OCH3 is 1. The van der Waals surface area contributed by atoms with Gasteiger partial charge < -0.3 is 10.1 Å². The van der Waals surface area contributed by atoms with Crippen molar-refractivity contribution < 1.29 is 27.5 Å². The monoisotopic (exact) mass is 436 g/mol. The first kappa shape index (κ1) is 20.8. The average molecular weight is 437 g/mol. The Balaban J connectivity index is 1.90. The second-order valence-corrected chi connectivity index (χ2v) is 8.74. The van der Waals surface area contributed by atoms with Gasteiger partial charge >= 0.3 is 5.97 Å². The van der Waals surface area contributed by atoms with Gasteiger partial charge in [0.05, 0.1) is 40.7 Å². The smallest absolute Gasteiger partial charge is 0.337 e. The third-order valence-electron chi connectivity index (χ3n) is 4.34. The predicted molar refractivity (Wildman–Crippen MR) is 108 cm³/mol. The largest absolute Gasteiger partial charge is 0.465 e. The molecule has 0 radical (unpaired) electrons. The molecule has 0 aliphatic carbocycles. The minimum atomic E-state index is -3.79. The number of nitrogens with one attached hydrogen (secondary N) is 1. The van der Waals surface area contributed by atoms with E-state index in [1.807, 2.05) is 0 Å². The maximum atomic E-state index is 12.7. The van der Waals surface area contributed by atoms with Crippen molar-refractivity contribution in [3.05, 3.63) is 58.6 Å². The molecule has 152 valence electrons. The highest BCUT2D eigenvalue weighted by Gasteiger charge is 2.42. The zero-order valence-electron chi connectivity index (χ0n) is 15.5. The fraction of sp³-hybridized carbons (Fsp3) is 0.211. The Morgan fingerprint density at radius 3 is 2.52 bits per heavy atom. The Hall–Kier alpha value is -2.91. The number of sulfonamides is 1. The number of esters is 1. The Bertz CT molecular complexity index is 1120. The van der Waals surface area contributed by atoms with Gasteiger partial charge in [0.2, 0.25) is 15.9 Å². The molecule has 1 N–H and O–H groups in total. The van der Waals surface area contributed by atoms with Gasteiger partial charge in [-0.15, -0.1) is 0 Å². The Morgan fingerprint density at radius 1 is 1.17 bits per heavy atom. The topological polar surface area (TPSA) is 110 Å². The molecule has 1 heterocycles. The van der Waals surface area contributed by atoms with Crippen LogP contribution in [0.4, 0.5) is 11.4 Å². The van der Waals surface area contributed by atoms with Crippen LogP contribution in [0.15, 0.2) is 42.5 Å². The number of amides is 2. The lowest BCUT2D eigenvalue weighted by molar-refractivity contribution is -0.119. The third-order valence-corrected chi connectivity index (χ3v) is 6.54. The molecule has 2 aromatic rings. The minimum Gasteiger partial charge on any atom is -0.465 e. The molecular weight excluding hydrogens is 420 g/mol. The van der Waals surface area contributed by atoms with Crippen LogP contribution in [-0.4, -0.2) is 39.1 Å². The summed E-state index contributed by atoms with van der Waals surface area (Å²) in [6, 6.07) is 9.95. The first-order valence-corrected chi connectivity index (χ1v) is 10.5. The molecule has 1 aliphatic heterocycles. The van der Waals surface area contributed by atoms with Crippen LogP contribution in [0.25, 0.3) is 0 Å². The van der Waals surface area contributed by atoms with Crippen LogP contribution in [0.1, 0.15) is 27.6 Å². The fourth-order valence-corrected chi connectivity index (χ4v) is 4.90. The molecule has 1 fully saturated rings. The number of ether oxygens (including phenoxy) is 1. The lowest BCUT2D eigenvalue weighted by Gasteiger charge is -2.16. The molecule has 29 heavy (non-hydrogen) atoms. The molecular formula is C19H17ClN2O6S. The van der Waals surface area contributed by atoms with Crippen molar-refractivity contribution in [2.45, 2.75) is 6.92 Å². The van der Waals surface area contributed by atoms with E-state index >= 15 is 0 Å². The summed E-state index contributed by atoms with van der Waals surface area (Å²) in [5.74, 6) is -2.66. The van der Waals surface area contributed by atoms with Gasteiger partial charge in [-0.2, -0.15) is 0 Å². The van der Waals surface area contributed by atoms with E-state index in [1.165, 1.54) is 56.5 Å². The summed E-state index contributed by atoms with van der Waals surface area (Å²) in [4.78, 5) is 36.6. The van der Waals surface area contributed by atoms with Crippen molar-refractivity contribution in [1.29, 1.82) is 0 Å². The SMILES string of the molecule is COC(=O)c1ccc(Cl)c(NC(=O)c2cccc(N3C(=O)C(C)CS3(=O)=O)c2)c1. The normalized spacial score (nSPS) is 17.8. The first-order valence-electron chi connectivity index (χ1n) is 8.50. The summed E-state index contributed by atoms with van der Waals surface area (Å²) in [7, 11) is -2.55. The lowest BCUT2D eigenvalue weighted by atomic mass is 10.1. The average Bonchev–Trinajstić information content (AvgIpc) is 2.89. The van der Waals surface area contributed by atoms with Crippen molar-refractivity contribution in [2.24, 2.45) is 5.92 Å². The van der Waals surface area contributed by atoms with Crippen molar-refractivity contribution in [3.63, 3.8) is 0 Å². The second-order valence-electron chi connectivity index (χ2n) is 6.47. The van der Waals surface area contributed by atoms with Crippen LogP contribution in [0.2, 0.25) is 5.02 Å². The molecule has 8 nitrogen and oxygen atoms in total. The zero-order valence-corrected chi connectivity index (χ0v) is 17.1. The van der Waals surface area contributed by atoms with Gasteiger partial charge in [0.1, 0.15) is 0 Å². The number of nitrogens with zero attached hydrogens (tertiary/aromatic N) is 1. The summed E-state index contributed by atoms with van der Waals surface area (Å²) in [6.07, 6.45) is 0. The van der Waals surface area contributed by atoms with E-state index in [0.29, 0.717) is 0 Å². The highest BCUT2D eigenvalue weighted by Crippen LogP contribution is 2.29. The number of hydrogen-bond acceptors (Lipinski definition) is 6. The maximum Gasteiger partial charge on any atom is 0.337 e. The summed E-state index contributed by atoms with van der Waals surface area (Å²) < 4.78 is 29.9. The second kappa shape index (κ2) is 7.84. The van der Waals surface area contributed by atoms with Crippen molar-refractivity contribution in [1.82, 2.24) is 0 Å². The van der Waals surface area contributed by atoms with Crippen molar-refractivity contribution >= 4 is 50.8 Å². The summed E-state index contributed by atoms with van der Waals surface area (Å²) >= 11 is 6.08. The van der Waals surface area contributed by atoms with Crippen molar-refractivity contribution in [3.8, 4) is 0 Å². The zero-order chi connectivity index (χ0) is 21.3. The number of benzene rings is 2. The molecule has 0 spiro atoms. The van der Waals surface area contributed by atoms with Gasteiger partial charge in [-0.25, -0.2) is 17.5 Å². The van der Waals surface area contributed by atoms with Crippen LogP contribution >= 0.6 is 11.6 Å². The molecule has 1 atom stereocenters. The molecule has 0 saturated carbocycles. The highest BCUT2D eigenvalue weighted by molar-refractivity contribution is 7.94. The summed E-state index contributed by atoms with van der Waals surface area (Å²) in [6.45, 7) is 1.53. The van der Waals surface area contributed by atoms with Crippen LogP contribution in [0.5, 0.6) is 0 Å². The van der Waals surface area contributed by atoms with E-state index in [1.54, 1.807) is 0 Å². The lowest BCUT2D eigenvalue weighted by Crippen LogP contribution is -2.30. The van der Waals surface area contributed by atoms with Gasteiger partial charge in [-0.05, 0) is 36.4 Å². The number of rotatable bonds is 4. The number of halogens is 1. The molecule has 0 aromatic heterocycles. The standard InChI is InChI=1S/C19H17ClN2O6S/c1-11-10-29(26,27)22(18(11)24)14-5-3-4-12(8-14)17(23)21-16-9-13(19(25)28-2)6-7-15(16)20/h3-9,11H,10H2,1-2H3,(H,21,23). The predicted octanol–water partition coefficient (Wildman–Crippen LogP) is 2.69. The molecule has 0 bridgehead atoms. The fourth-order valence-electron chi connectivity index (χ4n) is 2.92. The first-order chi connectivity index (χ1) is 13.6. The van der Waals surface area contributed by atoms with E-state index in [-0.39, 0.29) is 33.3 Å². The number of carbonyl (C=O) groups excluding carboxylic acids is 3. The van der Waals surface area contributed by atoms with Gasteiger partial charge in [-0.3, -0.25) is 9.59 Å². The number of anilines is 2. The van der Waals surface area contributed by atoms with Crippen molar-refractivity contribution in [2.75, 3.05) is 22.5 Å². The number of carbonyl (C=O) groups is 3. The van der Waals surface area contributed by atoms with E-state index in [2.05, 4.69) is 10.1 Å². The van der Waals surface area contributed by atoms with Gasteiger partial charge in [0.15, 0.2) is 0 Å². The van der Waals surface area contributed by atoms with Gasteiger partial charge in [0, 0.05) is 5.56 Å². The molecule has 1 aliphatic rings. The Kier molecular flexibility index (Phi) is 5.63. The van der Waals surface area contributed by atoms with Gasteiger partial charge in [-0.1, -0.05) is 24.6 Å². The summed E-state index contributed by atoms with van der Waals surface area (Å²) in [5, 5.41) is 2.77. The quantitative estimate of drug-likeness (QED) is 0.738. The minimum absolute atomic E-state index is 0.0846. The maximum absolute atomic E-state index is 12.7. The summed E-state index contributed by atoms with van der Waals surface area (Å²) in [5.41, 5.74) is 0.582. The molecule has 10 heteroatoms. The van der Waals surface area contributed by atoms with E-state index in [9.17, 15) is 22.8 Å². The molecule has 2 amide bonds. The Morgan fingerprint density at radius 2 is 1.90 bits per heavy atom. The molecule has 1 unspecified atom stereocenters.